The van der Waals surface area contributed by atoms with Crippen LogP contribution in [0.4, 0.5) is 4.79 Å². The predicted molar refractivity (Wildman–Crippen MR) is 129 cm³/mol. The molecule has 4 rings (SSSR count). The number of ether oxygens (including phenoxy) is 1. The molecule has 3 heterocycles. The monoisotopic (exact) mass is 465 g/mol. The summed E-state index contributed by atoms with van der Waals surface area (Å²) in [6.45, 7) is 8.88. The third-order valence-corrected chi connectivity index (χ3v) is 6.68. The molecule has 3 N–H and O–H groups in total. The van der Waals surface area contributed by atoms with Crippen LogP contribution in [-0.4, -0.2) is 56.5 Å². The molecular formula is C24H31N7O3. The number of H-pyrrole nitrogens is 1. The normalized spacial score (nSPS) is 19.2. The number of nitrogens with one attached hydrogen (secondary N) is 1. The number of aromatic nitrogens is 2. The van der Waals surface area contributed by atoms with Crippen LogP contribution in [0.25, 0.3) is 5.65 Å². The molecule has 10 nitrogen and oxygen atoms in total. The molecule has 1 saturated carbocycles. The largest absolute Gasteiger partial charge is 0.444 e. The van der Waals surface area contributed by atoms with Gasteiger partial charge in [0, 0.05) is 30.9 Å². The number of carbonyl (C=O) groups excluding carboxylic acids is 1. The molecule has 0 unspecified atom stereocenters. The number of hydrogen-bond acceptors (Lipinski definition) is 7. The van der Waals surface area contributed by atoms with Crippen molar-refractivity contribution in [1.82, 2.24) is 14.3 Å². The summed E-state index contributed by atoms with van der Waals surface area (Å²) in [6, 6.07) is 5.30. The van der Waals surface area contributed by atoms with Crippen molar-refractivity contribution < 1.29 is 9.53 Å². The fourth-order valence-corrected chi connectivity index (χ4v) is 4.99. The second-order valence-corrected chi connectivity index (χ2v) is 10.3. The summed E-state index contributed by atoms with van der Waals surface area (Å²) in [4.78, 5) is 34.4. The van der Waals surface area contributed by atoms with Gasteiger partial charge in [0.1, 0.15) is 28.7 Å². The van der Waals surface area contributed by atoms with Gasteiger partial charge >= 0.3 is 6.09 Å². The number of pyridine rings is 1. The maximum atomic E-state index is 12.5. The van der Waals surface area contributed by atoms with Crippen LogP contribution in [0.2, 0.25) is 0 Å². The van der Waals surface area contributed by atoms with Gasteiger partial charge in [0.15, 0.2) is 0 Å². The summed E-state index contributed by atoms with van der Waals surface area (Å²) >= 11 is 0. The summed E-state index contributed by atoms with van der Waals surface area (Å²) in [7, 11) is 0. The first-order valence-corrected chi connectivity index (χ1v) is 11.5. The molecule has 2 aromatic heterocycles. The Labute approximate surface area is 198 Å². The smallest absolute Gasteiger partial charge is 0.410 e. The van der Waals surface area contributed by atoms with Crippen LogP contribution >= 0.6 is 0 Å². The number of nitrogens with zero attached hydrogens (tertiary/aromatic N) is 5. The summed E-state index contributed by atoms with van der Waals surface area (Å²) < 4.78 is 6.80. The fraction of sp³-hybridized carbons (Fsp3) is 0.542. The Balaban J connectivity index is 1.40. The van der Waals surface area contributed by atoms with Gasteiger partial charge in [-0.15, -0.1) is 0 Å². The molecule has 0 atom stereocenters. The maximum Gasteiger partial charge on any atom is 0.410 e. The summed E-state index contributed by atoms with van der Waals surface area (Å²) in [5.74, 6) is 5.68. The lowest BCUT2D eigenvalue weighted by Gasteiger charge is -2.51. The minimum atomic E-state index is -0.489. The minimum Gasteiger partial charge on any atom is -0.444 e. The van der Waals surface area contributed by atoms with Crippen molar-refractivity contribution in [2.24, 2.45) is 21.4 Å². The van der Waals surface area contributed by atoms with Crippen LogP contribution in [0.15, 0.2) is 33.2 Å². The minimum absolute atomic E-state index is 0.158. The number of carbonyl (C=O) groups is 1. The molecule has 34 heavy (non-hydrogen) atoms. The summed E-state index contributed by atoms with van der Waals surface area (Å²) in [5, 5.41) is 13.1. The number of amides is 1. The number of aromatic amines is 1. The zero-order chi connectivity index (χ0) is 24.7. The molecule has 2 aromatic rings. The van der Waals surface area contributed by atoms with Crippen molar-refractivity contribution >= 4 is 23.2 Å². The van der Waals surface area contributed by atoms with Crippen molar-refractivity contribution in [3.8, 4) is 6.07 Å². The molecule has 0 radical (unpaired) electrons. The molecule has 1 aliphatic heterocycles. The fourth-order valence-electron chi connectivity index (χ4n) is 4.99. The Morgan fingerprint density at radius 1 is 1.29 bits per heavy atom. The quantitative estimate of drug-likeness (QED) is 0.407. The second kappa shape index (κ2) is 8.63. The van der Waals surface area contributed by atoms with Gasteiger partial charge in [0.05, 0.1) is 11.8 Å². The lowest BCUT2D eigenvalue weighted by Crippen LogP contribution is -2.51. The average molecular weight is 466 g/mol. The van der Waals surface area contributed by atoms with Crippen LogP contribution in [0, 0.1) is 16.7 Å². The van der Waals surface area contributed by atoms with Gasteiger partial charge < -0.3 is 20.5 Å². The number of piperidine rings is 1. The SMILES string of the molecule is CC(=NC1CC2(CCN(C(=O)OC(C)(C)C)CC2)C1)/C(=N\N)c1cc(=O)n2c(C#N)c[nH]c2c1. The highest BCUT2D eigenvalue weighted by Crippen LogP contribution is 2.50. The molecule has 2 aliphatic rings. The first kappa shape index (κ1) is 23.5. The van der Waals surface area contributed by atoms with Crippen LogP contribution < -0.4 is 11.4 Å². The summed E-state index contributed by atoms with van der Waals surface area (Å²) in [6.07, 6.45) is 5.03. The van der Waals surface area contributed by atoms with E-state index in [2.05, 4.69) is 10.1 Å². The average Bonchev–Trinajstić information content (AvgIpc) is 3.16. The molecular weight excluding hydrogens is 434 g/mol. The maximum absolute atomic E-state index is 12.5. The Kier molecular flexibility index (Phi) is 5.98. The van der Waals surface area contributed by atoms with E-state index >= 15 is 0 Å². The standard InChI is InChI=1S/C24H31N7O3/c1-15(21(29-26)16-9-19-27-14-18(13-25)31(19)20(32)10-16)28-17-11-24(12-17)5-7-30(8-6-24)22(33)34-23(2,3)4/h9-10,14,17,27H,5-8,11-12,26H2,1-4H3/b28-15?,29-21+. The number of aliphatic imine (C=N–C) groups is 1. The van der Waals surface area contributed by atoms with E-state index in [9.17, 15) is 9.59 Å². The Hall–Kier alpha value is -3.61. The summed E-state index contributed by atoms with van der Waals surface area (Å²) in [5.41, 5.74) is 1.80. The van der Waals surface area contributed by atoms with Crippen molar-refractivity contribution in [1.29, 1.82) is 5.26 Å². The van der Waals surface area contributed by atoms with E-state index in [1.165, 1.54) is 16.7 Å². The third kappa shape index (κ3) is 4.55. The number of nitrogens with two attached hydrogens (primary N) is 1. The van der Waals surface area contributed by atoms with Gasteiger partial charge in [0.2, 0.25) is 0 Å². The number of likely N-dealkylation sites (tertiary alicyclic amines) is 1. The number of fused-ring (bicyclic) bond motifs is 1. The second-order valence-electron chi connectivity index (χ2n) is 10.3. The predicted octanol–water partition coefficient (Wildman–Crippen LogP) is 2.80. The molecule has 1 spiro atoms. The van der Waals surface area contributed by atoms with Gasteiger partial charge in [-0.25, -0.2) is 4.79 Å². The van der Waals surface area contributed by atoms with Crippen LogP contribution in [0.5, 0.6) is 0 Å². The van der Waals surface area contributed by atoms with Gasteiger partial charge in [0.25, 0.3) is 5.56 Å². The van der Waals surface area contributed by atoms with E-state index in [4.69, 9.17) is 20.8 Å². The Morgan fingerprint density at radius 2 is 1.97 bits per heavy atom. The first-order valence-electron chi connectivity index (χ1n) is 11.5. The molecule has 1 aliphatic carbocycles. The van der Waals surface area contributed by atoms with Crippen LogP contribution in [0.1, 0.15) is 64.6 Å². The van der Waals surface area contributed by atoms with Gasteiger partial charge in [-0.05, 0) is 64.9 Å². The molecule has 1 amide bonds. The molecule has 0 aromatic carbocycles. The van der Waals surface area contributed by atoms with E-state index in [1.807, 2.05) is 33.8 Å². The number of hydrogen-bond donors (Lipinski definition) is 2. The zero-order valence-electron chi connectivity index (χ0n) is 20.1. The Morgan fingerprint density at radius 3 is 2.56 bits per heavy atom. The molecule has 10 heteroatoms. The van der Waals surface area contributed by atoms with E-state index in [1.54, 1.807) is 11.0 Å². The zero-order valence-corrected chi connectivity index (χ0v) is 20.1. The van der Waals surface area contributed by atoms with Crippen molar-refractivity contribution in [3.63, 3.8) is 0 Å². The van der Waals surface area contributed by atoms with Gasteiger partial charge in [-0.3, -0.25) is 14.2 Å². The number of imidazole rings is 1. The van der Waals surface area contributed by atoms with E-state index in [0.29, 0.717) is 35.7 Å². The van der Waals surface area contributed by atoms with E-state index in [0.717, 1.165) is 25.7 Å². The first-order chi connectivity index (χ1) is 16.0. The molecule has 0 bridgehead atoms. The highest BCUT2D eigenvalue weighted by atomic mass is 16.6. The lowest BCUT2D eigenvalue weighted by atomic mass is 9.60. The topological polar surface area (TPSA) is 141 Å². The number of rotatable bonds is 3. The third-order valence-electron chi connectivity index (χ3n) is 6.68. The molecule has 2 fully saturated rings. The van der Waals surface area contributed by atoms with Crippen molar-refractivity contribution in [2.75, 3.05) is 13.1 Å². The number of hydrazone groups is 1. The van der Waals surface area contributed by atoms with Crippen LogP contribution in [-0.2, 0) is 4.74 Å². The van der Waals surface area contributed by atoms with E-state index in [-0.39, 0.29) is 28.8 Å². The molecule has 1 saturated heterocycles. The Bertz CT molecular complexity index is 1260. The van der Waals surface area contributed by atoms with Crippen LogP contribution in [0.3, 0.4) is 0 Å². The van der Waals surface area contributed by atoms with Crippen molar-refractivity contribution in [2.45, 2.75) is 65.0 Å². The highest BCUT2D eigenvalue weighted by molar-refractivity contribution is 6.47. The lowest BCUT2D eigenvalue weighted by molar-refractivity contribution is -0.0106. The van der Waals surface area contributed by atoms with E-state index < -0.39 is 5.60 Å². The van der Waals surface area contributed by atoms with Crippen molar-refractivity contribution in [3.05, 3.63) is 39.9 Å². The van der Waals surface area contributed by atoms with Gasteiger partial charge in [-0.2, -0.15) is 10.4 Å². The van der Waals surface area contributed by atoms with Gasteiger partial charge in [-0.1, -0.05) is 0 Å². The number of nitriles is 1. The highest BCUT2D eigenvalue weighted by Gasteiger charge is 2.46. The molecule has 180 valence electrons.